The Bertz CT molecular complexity index is 456. The molecule has 96 valence electrons. The average molecular weight is 248 g/mol. The van der Waals surface area contributed by atoms with Gasteiger partial charge in [-0.15, -0.1) is 12.3 Å². The highest BCUT2D eigenvalue weighted by molar-refractivity contribution is 5.49. The van der Waals surface area contributed by atoms with Gasteiger partial charge in [0.2, 0.25) is 0 Å². The van der Waals surface area contributed by atoms with Crippen molar-refractivity contribution >= 4 is 0 Å². The van der Waals surface area contributed by atoms with E-state index in [0.29, 0.717) is 31.1 Å². The van der Waals surface area contributed by atoms with Gasteiger partial charge in [-0.2, -0.15) is 0 Å². The Morgan fingerprint density at radius 3 is 2.39 bits per heavy atom. The van der Waals surface area contributed by atoms with Crippen molar-refractivity contribution in [3.05, 3.63) is 23.3 Å². The molecule has 0 saturated carbocycles. The van der Waals surface area contributed by atoms with Gasteiger partial charge in [0, 0.05) is 12.0 Å². The summed E-state index contributed by atoms with van der Waals surface area (Å²) >= 11 is 0. The van der Waals surface area contributed by atoms with E-state index in [0.717, 1.165) is 11.1 Å². The normalized spacial score (nSPS) is 15.4. The molecule has 1 aromatic rings. The molecule has 0 radical (unpaired) electrons. The van der Waals surface area contributed by atoms with Crippen LogP contribution in [0.4, 0.5) is 0 Å². The highest BCUT2D eigenvalue weighted by atomic mass is 16.7. The lowest BCUT2D eigenvalue weighted by molar-refractivity contribution is -0.0447. The molecule has 1 fully saturated rings. The van der Waals surface area contributed by atoms with E-state index in [2.05, 4.69) is 5.92 Å². The molecular weight excluding hydrogens is 232 g/mol. The molecule has 1 aromatic carbocycles. The van der Waals surface area contributed by atoms with Crippen LogP contribution in [0.2, 0.25) is 0 Å². The lowest BCUT2D eigenvalue weighted by atomic mass is 10.0. The number of ether oxygens (including phenoxy) is 4. The zero-order chi connectivity index (χ0) is 13.0. The van der Waals surface area contributed by atoms with E-state index in [1.54, 1.807) is 14.2 Å². The first kappa shape index (κ1) is 12.7. The lowest BCUT2D eigenvalue weighted by Gasteiger charge is -2.17. The minimum Gasteiger partial charge on any atom is -0.493 e. The standard InChI is InChI=1S/C14H16O4/c1-4-5-10-8-12(15-2)13(16-3)9-11(10)14-17-6-7-18-14/h1,8-9,14H,5-7H2,2-3H3. The van der Waals surface area contributed by atoms with E-state index in [9.17, 15) is 0 Å². The average Bonchev–Trinajstić information content (AvgIpc) is 2.92. The van der Waals surface area contributed by atoms with Gasteiger partial charge in [-0.05, 0) is 17.7 Å². The van der Waals surface area contributed by atoms with Gasteiger partial charge in [0.15, 0.2) is 17.8 Å². The molecule has 0 aliphatic carbocycles. The van der Waals surface area contributed by atoms with Gasteiger partial charge >= 0.3 is 0 Å². The Balaban J connectivity index is 2.44. The van der Waals surface area contributed by atoms with Crippen molar-refractivity contribution in [2.75, 3.05) is 27.4 Å². The molecule has 0 amide bonds. The molecule has 0 atom stereocenters. The minimum absolute atomic E-state index is 0.367. The van der Waals surface area contributed by atoms with Crippen LogP contribution in [-0.2, 0) is 15.9 Å². The van der Waals surface area contributed by atoms with Crippen LogP contribution in [0.25, 0.3) is 0 Å². The summed E-state index contributed by atoms with van der Waals surface area (Å²) in [6.07, 6.45) is 5.52. The molecule has 1 heterocycles. The number of terminal acetylenes is 1. The molecule has 1 aliphatic heterocycles. The summed E-state index contributed by atoms with van der Waals surface area (Å²) < 4.78 is 21.6. The summed E-state index contributed by atoms with van der Waals surface area (Å²) in [5.74, 6) is 3.93. The predicted molar refractivity (Wildman–Crippen MR) is 66.7 cm³/mol. The second-order valence-electron chi connectivity index (χ2n) is 3.86. The van der Waals surface area contributed by atoms with Crippen molar-refractivity contribution in [1.82, 2.24) is 0 Å². The highest BCUT2D eigenvalue weighted by Crippen LogP contribution is 2.36. The first-order valence-corrected chi connectivity index (χ1v) is 5.71. The third-order valence-electron chi connectivity index (χ3n) is 2.81. The van der Waals surface area contributed by atoms with Gasteiger partial charge in [0.25, 0.3) is 0 Å². The molecule has 0 aromatic heterocycles. The Kier molecular flexibility index (Phi) is 4.08. The van der Waals surface area contributed by atoms with E-state index in [4.69, 9.17) is 25.4 Å². The highest BCUT2D eigenvalue weighted by Gasteiger charge is 2.23. The summed E-state index contributed by atoms with van der Waals surface area (Å²) in [6.45, 7) is 1.18. The molecule has 4 nitrogen and oxygen atoms in total. The van der Waals surface area contributed by atoms with Gasteiger partial charge in [0.1, 0.15) is 0 Å². The zero-order valence-electron chi connectivity index (χ0n) is 10.6. The van der Waals surface area contributed by atoms with Crippen molar-refractivity contribution < 1.29 is 18.9 Å². The topological polar surface area (TPSA) is 36.9 Å². The molecule has 18 heavy (non-hydrogen) atoms. The van der Waals surface area contributed by atoms with Crippen LogP contribution in [0.15, 0.2) is 12.1 Å². The molecule has 2 rings (SSSR count). The maximum absolute atomic E-state index is 5.51. The summed E-state index contributed by atoms with van der Waals surface area (Å²) in [7, 11) is 3.19. The van der Waals surface area contributed by atoms with Crippen LogP contribution in [0.5, 0.6) is 11.5 Å². The second-order valence-corrected chi connectivity index (χ2v) is 3.86. The summed E-state index contributed by atoms with van der Waals surface area (Å²) in [6, 6.07) is 3.74. The predicted octanol–water partition coefficient (Wildman–Crippen LogP) is 1.92. The first-order valence-electron chi connectivity index (χ1n) is 5.71. The van der Waals surface area contributed by atoms with Crippen molar-refractivity contribution in [2.24, 2.45) is 0 Å². The Morgan fingerprint density at radius 2 is 1.83 bits per heavy atom. The molecule has 0 bridgehead atoms. The van der Waals surface area contributed by atoms with Crippen LogP contribution in [0.3, 0.4) is 0 Å². The van der Waals surface area contributed by atoms with Crippen LogP contribution in [0, 0.1) is 12.3 Å². The quantitative estimate of drug-likeness (QED) is 0.763. The van der Waals surface area contributed by atoms with Crippen molar-refractivity contribution in [1.29, 1.82) is 0 Å². The Hall–Kier alpha value is -1.70. The Labute approximate surface area is 107 Å². The SMILES string of the molecule is C#CCc1cc(OC)c(OC)cc1C1OCCO1. The molecule has 0 spiro atoms. The fourth-order valence-corrected chi connectivity index (χ4v) is 1.96. The third kappa shape index (κ3) is 2.42. The first-order chi connectivity index (χ1) is 8.80. The van der Waals surface area contributed by atoms with Crippen molar-refractivity contribution in [2.45, 2.75) is 12.7 Å². The summed E-state index contributed by atoms with van der Waals surface area (Å²) in [5, 5.41) is 0. The maximum atomic E-state index is 5.51. The number of methoxy groups -OCH3 is 2. The number of benzene rings is 1. The van der Waals surface area contributed by atoms with Crippen LogP contribution in [0.1, 0.15) is 17.4 Å². The summed E-state index contributed by atoms with van der Waals surface area (Å²) in [5.41, 5.74) is 1.87. The van der Waals surface area contributed by atoms with Crippen LogP contribution in [-0.4, -0.2) is 27.4 Å². The molecule has 1 saturated heterocycles. The smallest absolute Gasteiger partial charge is 0.184 e. The minimum atomic E-state index is -0.367. The fraction of sp³-hybridized carbons (Fsp3) is 0.429. The van der Waals surface area contributed by atoms with Crippen molar-refractivity contribution in [3.8, 4) is 23.8 Å². The van der Waals surface area contributed by atoms with E-state index in [1.165, 1.54) is 0 Å². The number of hydrogen-bond donors (Lipinski definition) is 0. The maximum Gasteiger partial charge on any atom is 0.184 e. The van der Waals surface area contributed by atoms with Gasteiger partial charge in [-0.3, -0.25) is 0 Å². The number of rotatable bonds is 4. The third-order valence-corrected chi connectivity index (χ3v) is 2.81. The molecule has 0 N–H and O–H groups in total. The van der Waals surface area contributed by atoms with Gasteiger partial charge in [-0.25, -0.2) is 0 Å². The van der Waals surface area contributed by atoms with E-state index in [1.807, 2.05) is 12.1 Å². The van der Waals surface area contributed by atoms with E-state index < -0.39 is 0 Å². The van der Waals surface area contributed by atoms with Gasteiger partial charge < -0.3 is 18.9 Å². The lowest BCUT2D eigenvalue weighted by Crippen LogP contribution is -2.05. The van der Waals surface area contributed by atoms with Gasteiger partial charge in [-0.1, -0.05) is 0 Å². The second kappa shape index (κ2) is 5.76. The van der Waals surface area contributed by atoms with Crippen molar-refractivity contribution in [3.63, 3.8) is 0 Å². The van der Waals surface area contributed by atoms with Crippen LogP contribution < -0.4 is 9.47 Å². The fourth-order valence-electron chi connectivity index (χ4n) is 1.96. The van der Waals surface area contributed by atoms with Gasteiger partial charge in [0.05, 0.1) is 27.4 Å². The molecule has 0 unspecified atom stereocenters. The zero-order valence-corrected chi connectivity index (χ0v) is 10.6. The largest absolute Gasteiger partial charge is 0.493 e. The molecule has 4 heteroatoms. The summed E-state index contributed by atoms with van der Waals surface area (Å²) in [4.78, 5) is 0. The molecular formula is C14H16O4. The number of hydrogen-bond acceptors (Lipinski definition) is 4. The van der Waals surface area contributed by atoms with E-state index in [-0.39, 0.29) is 6.29 Å². The molecule has 1 aliphatic rings. The van der Waals surface area contributed by atoms with Crippen LogP contribution >= 0.6 is 0 Å². The Morgan fingerprint density at radius 1 is 1.22 bits per heavy atom. The monoisotopic (exact) mass is 248 g/mol. The van der Waals surface area contributed by atoms with E-state index >= 15 is 0 Å².